The van der Waals surface area contributed by atoms with Gasteiger partial charge in [-0.05, 0) is 19.1 Å². The maximum atomic E-state index is 11.8. The molecule has 0 aliphatic carbocycles. The summed E-state index contributed by atoms with van der Waals surface area (Å²) in [4.78, 5) is 13.4. The molecular weight excluding hydrogens is 202 g/mol. The van der Waals surface area contributed by atoms with Gasteiger partial charge in [0.05, 0.1) is 6.61 Å². The second-order valence-corrected chi connectivity index (χ2v) is 4.60. The molecule has 88 valence electrons. The molecule has 16 heavy (non-hydrogen) atoms. The third kappa shape index (κ3) is 2.99. The van der Waals surface area contributed by atoms with Gasteiger partial charge in [0.25, 0.3) is 0 Å². The predicted octanol–water partition coefficient (Wildman–Crippen LogP) is 3.46. The van der Waals surface area contributed by atoms with Crippen molar-refractivity contribution in [1.82, 2.24) is 4.90 Å². The molecule has 1 aliphatic heterocycles. The summed E-state index contributed by atoms with van der Waals surface area (Å²) in [6.45, 7) is 8.39. The van der Waals surface area contributed by atoms with Crippen molar-refractivity contribution in [3.05, 3.63) is 36.2 Å². The van der Waals surface area contributed by atoms with Crippen LogP contribution in [0.15, 0.2) is 36.2 Å². The van der Waals surface area contributed by atoms with Crippen LogP contribution in [0.3, 0.4) is 0 Å². The van der Waals surface area contributed by atoms with Gasteiger partial charge in [-0.15, -0.1) is 0 Å². The van der Waals surface area contributed by atoms with E-state index >= 15 is 0 Å². The van der Waals surface area contributed by atoms with Gasteiger partial charge in [-0.1, -0.05) is 32.9 Å². The van der Waals surface area contributed by atoms with E-state index in [9.17, 15) is 4.79 Å². The zero-order chi connectivity index (χ0) is 12.2. The summed E-state index contributed by atoms with van der Waals surface area (Å²) < 4.78 is 5.03. The summed E-state index contributed by atoms with van der Waals surface area (Å²) in [5.41, 5.74) is 0.821. The van der Waals surface area contributed by atoms with E-state index in [1.54, 1.807) is 18.0 Å². The average molecular weight is 221 g/mol. The Bertz CT molecular complexity index is 345. The van der Waals surface area contributed by atoms with E-state index in [-0.39, 0.29) is 11.5 Å². The van der Waals surface area contributed by atoms with E-state index in [4.69, 9.17) is 4.74 Å². The molecule has 1 amide bonds. The minimum atomic E-state index is -0.330. The lowest BCUT2D eigenvalue weighted by Gasteiger charge is -2.30. The van der Waals surface area contributed by atoms with Gasteiger partial charge in [0, 0.05) is 17.3 Å². The summed E-state index contributed by atoms with van der Waals surface area (Å²) in [7, 11) is 0. The number of rotatable bonds is 1. The number of hydrogen-bond donors (Lipinski definition) is 0. The normalized spacial score (nSPS) is 15.8. The summed E-state index contributed by atoms with van der Waals surface area (Å²) in [5.74, 6) is 0. The van der Waals surface area contributed by atoms with Crippen molar-refractivity contribution >= 4 is 6.09 Å². The quantitative estimate of drug-likeness (QED) is 0.678. The highest BCUT2D eigenvalue weighted by molar-refractivity contribution is 5.72. The zero-order valence-electron chi connectivity index (χ0n) is 10.4. The second kappa shape index (κ2) is 5.01. The van der Waals surface area contributed by atoms with Crippen LogP contribution in [0.4, 0.5) is 4.79 Å². The van der Waals surface area contributed by atoms with Crippen LogP contribution in [0.25, 0.3) is 0 Å². The number of amides is 1. The molecule has 0 fully saturated rings. The maximum Gasteiger partial charge on any atom is 0.418 e. The molecule has 3 nitrogen and oxygen atoms in total. The lowest BCUT2D eigenvalue weighted by Crippen LogP contribution is -2.31. The van der Waals surface area contributed by atoms with Gasteiger partial charge in [-0.2, -0.15) is 0 Å². The Morgan fingerprint density at radius 2 is 2.00 bits per heavy atom. The molecule has 1 aliphatic rings. The first-order valence-electron chi connectivity index (χ1n) is 5.48. The van der Waals surface area contributed by atoms with Crippen molar-refractivity contribution in [3.63, 3.8) is 0 Å². The van der Waals surface area contributed by atoms with E-state index in [1.807, 2.05) is 24.3 Å². The summed E-state index contributed by atoms with van der Waals surface area (Å²) in [6, 6.07) is 0. The first kappa shape index (κ1) is 12.6. The Morgan fingerprint density at radius 3 is 2.56 bits per heavy atom. The van der Waals surface area contributed by atoms with Gasteiger partial charge >= 0.3 is 6.09 Å². The Balaban J connectivity index is 3.00. The van der Waals surface area contributed by atoms with Crippen LogP contribution < -0.4 is 0 Å². The van der Waals surface area contributed by atoms with Gasteiger partial charge in [0.15, 0.2) is 0 Å². The van der Waals surface area contributed by atoms with Gasteiger partial charge in [-0.3, -0.25) is 4.90 Å². The fraction of sp³-hybridized carbons (Fsp3) is 0.462. The number of allylic oxidation sites excluding steroid dienone is 5. The van der Waals surface area contributed by atoms with Crippen LogP contribution in [-0.4, -0.2) is 17.6 Å². The maximum absolute atomic E-state index is 11.8. The van der Waals surface area contributed by atoms with Gasteiger partial charge in [0.1, 0.15) is 0 Å². The minimum Gasteiger partial charge on any atom is -0.449 e. The SMILES string of the molecule is CCOC(=O)N1C=CC=CC=C1C(C)(C)C. The molecule has 0 saturated heterocycles. The van der Waals surface area contributed by atoms with Crippen molar-refractivity contribution in [2.24, 2.45) is 5.41 Å². The lowest BCUT2D eigenvalue weighted by atomic mass is 9.91. The van der Waals surface area contributed by atoms with Crippen LogP contribution in [0, 0.1) is 5.41 Å². The van der Waals surface area contributed by atoms with Crippen LogP contribution in [0.2, 0.25) is 0 Å². The van der Waals surface area contributed by atoms with Crippen LogP contribution in [0.1, 0.15) is 27.7 Å². The van der Waals surface area contributed by atoms with Crippen molar-refractivity contribution in [2.45, 2.75) is 27.7 Å². The number of nitrogens with zero attached hydrogens (tertiary/aromatic N) is 1. The van der Waals surface area contributed by atoms with Crippen molar-refractivity contribution < 1.29 is 9.53 Å². The summed E-state index contributed by atoms with van der Waals surface area (Å²) >= 11 is 0. The Labute approximate surface area is 97.1 Å². The molecule has 1 heterocycles. The third-order valence-electron chi connectivity index (χ3n) is 2.20. The highest BCUT2D eigenvalue weighted by Gasteiger charge is 2.26. The highest BCUT2D eigenvalue weighted by atomic mass is 16.6. The van der Waals surface area contributed by atoms with Gasteiger partial charge in [-0.25, -0.2) is 4.79 Å². The van der Waals surface area contributed by atoms with Crippen molar-refractivity contribution in [1.29, 1.82) is 0 Å². The standard InChI is InChI=1S/C13H19NO2/c1-5-16-12(15)14-10-8-6-7-9-11(14)13(2,3)4/h6-10H,5H2,1-4H3. The molecule has 3 heteroatoms. The van der Waals surface area contributed by atoms with E-state index < -0.39 is 0 Å². The van der Waals surface area contributed by atoms with E-state index in [0.717, 1.165) is 5.70 Å². The Morgan fingerprint density at radius 1 is 1.31 bits per heavy atom. The molecule has 0 bridgehead atoms. The van der Waals surface area contributed by atoms with E-state index in [1.165, 1.54) is 0 Å². The van der Waals surface area contributed by atoms with Crippen molar-refractivity contribution in [2.75, 3.05) is 6.61 Å². The number of ether oxygens (including phenoxy) is 1. The predicted molar refractivity (Wildman–Crippen MR) is 64.7 cm³/mol. The summed E-state index contributed by atoms with van der Waals surface area (Å²) in [5, 5.41) is 0. The number of hydrogen-bond acceptors (Lipinski definition) is 2. The van der Waals surface area contributed by atoms with Crippen molar-refractivity contribution in [3.8, 4) is 0 Å². The lowest BCUT2D eigenvalue weighted by molar-refractivity contribution is 0.125. The molecule has 0 unspecified atom stereocenters. The largest absolute Gasteiger partial charge is 0.449 e. The van der Waals surface area contributed by atoms with E-state index in [0.29, 0.717) is 6.61 Å². The molecule has 0 atom stereocenters. The monoisotopic (exact) mass is 221 g/mol. The second-order valence-electron chi connectivity index (χ2n) is 4.60. The first-order chi connectivity index (χ1) is 7.46. The smallest absolute Gasteiger partial charge is 0.418 e. The zero-order valence-corrected chi connectivity index (χ0v) is 10.4. The molecule has 0 aromatic rings. The fourth-order valence-corrected chi connectivity index (χ4v) is 1.47. The van der Waals surface area contributed by atoms with Crippen LogP contribution in [0.5, 0.6) is 0 Å². The van der Waals surface area contributed by atoms with Crippen LogP contribution in [-0.2, 0) is 4.74 Å². The van der Waals surface area contributed by atoms with E-state index in [2.05, 4.69) is 20.8 Å². The average Bonchev–Trinajstić information content (AvgIpc) is 2.41. The number of carbonyl (C=O) groups excluding carboxylic acids is 1. The van der Waals surface area contributed by atoms with Gasteiger partial charge in [0.2, 0.25) is 0 Å². The van der Waals surface area contributed by atoms with Gasteiger partial charge < -0.3 is 4.74 Å². The fourth-order valence-electron chi connectivity index (χ4n) is 1.47. The Kier molecular flexibility index (Phi) is 3.93. The summed E-state index contributed by atoms with van der Waals surface area (Å²) in [6.07, 6.45) is 8.99. The van der Waals surface area contributed by atoms with Crippen LogP contribution >= 0.6 is 0 Å². The highest BCUT2D eigenvalue weighted by Crippen LogP contribution is 2.30. The molecule has 0 radical (unpaired) electrons. The first-order valence-corrected chi connectivity index (χ1v) is 5.48. The molecule has 0 aromatic heterocycles. The molecule has 0 saturated carbocycles. The minimum absolute atomic E-state index is 0.105. The molecular formula is C13H19NO2. The molecule has 0 aromatic carbocycles. The molecule has 0 N–H and O–H groups in total. The number of carbonyl (C=O) groups is 1. The third-order valence-corrected chi connectivity index (χ3v) is 2.20. The molecule has 0 spiro atoms. The Hall–Kier alpha value is -1.51. The molecule has 1 rings (SSSR count). The topological polar surface area (TPSA) is 29.5 Å².